The molecule has 0 radical (unpaired) electrons. The van der Waals surface area contributed by atoms with Crippen molar-refractivity contribution >= 4 is 21.6 Å². The number of hydrogen-bond acceptors (Lipinski definition) is 4. The fourth-order valence-electron chi connectivity index (χ4n) is 1.43. The number of nitrogens with two attached hydrogens (primary N) is 1. The van der Waals surface area contributed by atoms with E-state index in [0.717, 1.165) is 5.56 Å². The first-order valence-corrected chi connectivity index (χ1v) is 6.87. The van der Waals surface area contributed by atoms with Crippen LogP contribution in [0.15, 0.2) is 18.2 Å². The van der Waals surface area contributed by atoms with Crippen molar-refractivity contribution in [2.75, 3.05) is 5.73 Å². The van der Waals surface area contributed by atoms with Crippen molar-refractivity contribution in [2.45, 2.75) is 25.0 Å². The molecule has 0 unspecified atom stereocenters. The number of amides is 1. The molecule has 0 saturated heterocycles. The molecule has 1 aliphatic rings. The maximum Gasteiger partial charge on any atom is 0.264 e. The van der Waals surface area contributed by atoms with Crippen molar-refractivity contribution in [1.29, 1.82) is 0 Å². The van der Waals surface area contributed by atoms with Crippen LogP contribution in [-0.4, -0.2) is 19.6 Å². The summed E-state index contributed by atoms with van der Waals surface area (Å²) in [4.78, 5) is 11.7. The van der Waals surface area contributed by atoms with Crippen LogP contribution in [0.5, 0.6) is 0 Å². The highest BCUT2D eigenvalue weighted by Crippen LogP contribution is 2.27. The number of nitrogens with one attached hydrogen (secondary N) is 1. The zero-order valence-electron chi connectivity index (χ0n) is 9.43. The van der Waals surface area contributed by atoms with Crippen LogP contribution in [0, 0.1) is 6.92 Å². The Morgan fingerprint density at radius 2 is 2.06 bits per heavy atom. The summed E-state index contributed by atoms with van der Waals surface area (Å²) in [5, 5.41) is -0.408. The second-order valence-corrected chi connectivity index (χ2v) is 6.21. The Hall–Kier alpha value is -1.56. The molecule has 0 atom stereocenters. The van der Waals surface area contributed by atoms with E-state index in [2.05, 4.69) is 4.72 Å². The van der Waals surface area contributed by atoms with E-state index in [9.17, 15) is 13.2 Å². The minimum Gasteiger partial charge on any atom is -0.398 e. The molecule has 0 bridgehead atoms. The molecule has 0 aromatic heterocycles. The van der Waals surface area contributed by atoms with Gasteiger partial charge in [-0.05, 0) is 37.5 Å². The van der Waals surface area contributed by atoms with E-state index in [0.29, 0.717) is 18.5 Å². The van der Waals surface area contributed by atoms with Gasteiger partial charge in [-0.3, -0.25) is 4.79 Å². The van der Waals surface area contributed by atoms with E-state index in [4.69, 9.17) is 5.73 Å². The van der Waals surface area contributed by atoms with Gasteiger partial charge in [-0.1, -0.05) is 6.07 Å². The highest BCUT2D eigenvalue weighted by Gasteiger charge is 2.36. The lowest BCUT2D eigenvalue weighted by atomic mass is 10.1. The molecular weight excluding hydrogens is 240 g/mol. The average Bonchev–Trinajstić information content (AvgIpc) is 3.04. The average molecular weight is 254 g/mol. The van der Waals surface area contributed by atoms with Gasteiger partial charge in [-0.25, -0.2) is 13.1 Å². The third-order valence-electron chi connectivity index (χ3n) is 2.74. The van der Waals surface area contributed by atoms with Crippen LogP contribution in [0.25, 0.3) is 0 Å². The number of sulfonamides is 1. The van der Waals surface area contributed by atoms with Gasteiger partial charge in [0.05, 0.1) is 5.25 Å². The quantitative estimate of drug-likeness (QED) is 0.781. The number of anilines is 1. The lowest BCUT2D eigenvalue weighted by Gasteiger charge is -2.07. The SMILES string of the molecule is Cc1ccc(C(=O)NS(=O)(=O)C2CC2)cc1N. The summed E-state index contributed by atoms with van der Waals surface area (Å²) >= 11 is 0. The Morgan fingerprint density at radius 3 is 2.59 bits per heavy atom. The Labute approximate surface area is 100 Å². The van der Waals surface area contributed by atoms with Gasteiger partial charge in [0.1, 0.15) is 0 Å². The molecule has 17 heavy (non-hydrogen) atoms. The number of benzene rings is 1. The van der Waals surface area contributed by atoms with Crippen LogP contribution in [0.3, 0.4) is 0 Å². The van der Waals surface area contributed by atoms with E-state index < -0.39 is 21.2 Å². The fraction of sp³-hybridized carbons (Fsp3) is 0.364. The first-order chi connectivity index (χ1) is 7.90. The summed E-state index contributed by atoms with van der Waals surface area (Å²) in [6, 6.07) is 4.73. The van der Waals surface area contributed by atoms with E-state index >= 15 is 0 Å². The summed E-state index contributed by atoms with van der Waals surface area (Å²) in [5.74, 6) is -0.622. The highest BCUT2D eigenvalue weighted by molar-refractivity contribution is 7.91. The molecule has 1 fully saturated rings. The predicted molar refractivity (Wildman–Crippen MR) is 65.0 cm³/mol. The van der Waals surface area contributed by atoms with Crippen molar-refractivity contribution in [2.24, 2.45) is 0 Å². The second kappa shape index (κ2) is 4.03. The number of rotatable bonds is 3. The molecule has 0 spiro atoms. The lowest BCUT2D eigenvalue weighted by molar-refractivity contribution is 0.0981. The Kier molecular flexibility index (Phi) is 2.82. The number of carbonyl (C=O) groups is 1. The van der Waals surface area contributed by atoms with Crippen molar-refractivity contribution in [3.05, 3.63) is 29.3 Å². The van der Waals surface area contributed by atoms with Crippen LogP contribution >= 0.6 is 0 Å². The zero-order valence-corrected chi connectivity index (χ0v) is 10.3. The Morgan fingerprint density at radius 1 is 1.41 bits per heavy atom. The van der Waals surface area contributed by atoms with E-state index in [1.54, 1.807) is 12.1 Å². The summed E-state index contributed by atoms with van der Waals surface area (Å²) in [5.41, 5.74) is 7.25. The number of aryl methyl sites for hydroxylation is 1. The third kappa shape index (κ3) is 2.58. The standard InChI is InChI=1S/C11H14N2O3S/c1-7-2-3-8(6-10(7)12)11(14)13-17(15,16)9-4-5-9/h2-3,6,9H,4-5,12H2,1H3,(H,13,14). The topological polar surface area (TPSA) is 89.3 Å². The van der Waals surface area contributed by atoms with Gasteiger partial charge in [0.25, 0.3) is 5.91 Å². The van der Waals surface area contributed by atoms with E-state index in [1.807, 2.05) is 6.92 Å². The van der Waals surface area contributed by atoms with Crippen LogP contribution in [0.2, 0.25) is 0 Å². The molecule has 1 aromatic rings. The molecule has 0 aliphatic heterocycles. The largest absolute Gasteiger partial charge is 0.398 e. The van der Waals surface area contributed by atoms with Gasteiger partial charge in [0.2, 0.25) is 10.0 Å². The molecule has 1 aliphatic carbocycles. The number of hydrogen-bond donors (Lipinski definition) is 2. The van der Waals surface area contributed by atoms with Crippen molar-refractivity contribution in [3.8, 4) is 0 Å². The summed E-state index contributed by atoms with van der Waals surface area (Å²) in [6.07, 6.45) is 1.25. The molecular formula is C11H14N2O3S. The smallest absolute Gasteiger partial charge is 0.264 e. The van der Waals surface area contributed by atoms with Crippen LogP contribution in [0.1, 0.15) is 28.8 Å². The minimum atomic E-state index is -3.50. The molecule has 2 rings (SSSR count). The molecule has 1 aromatic carbocycles. The van der Waals surface area contributed by atoms with Crippen molar-refractivity contribution in [3.63, 3.8) is 0 Å². The molecule has 0 heterocycles. The number of nitrogen functional groups attached to an aromatic ring is 1. The molecule has 1 amide bonds. The first-order valence-electron chi connectivity index (χ1n) is 5.32. The minimum absolute atomic E-state index is 0.261. The summed E-state index contributed by atoms with van der Waals surface area (Å²) in [6.45, 7) is 1.82. The fourth-order valence-corrected chi connectivity index (χ4v) is 2.73. The van der Waals surface area contributed by atoms with Gasteiger partial charge >= 0.3 is 0 Å². The first kappa shape index (κ1) is 11.9. The lowest BCUT2D eigenvalue weighted by Crippen LogP contribution is -2.33. The molecule has 1 saturated carbocycles. The monoisotopic (exact) mass is 254 g/mol. The second-order valence-electron chi connectivity index (χ2n) is 4.25. The highest BCUT2D eigenvalue weighted by atomic mass is 32.2. The number of carbonyl (C=O) groups excluding carboxylic acids is 1. The zero-order chi connectivity index (χ0) is 12.6. The van der Waals surface area contributed by atoms with Gasteiger partial charge in [0, 0.05) is 11.3 Å². The van der Waals surface area contributed by atoms with Gasteiger partial charge in [-0.2, -0.15) is 0 Å². The van der Waals surface area contributed by atoms with Crippen LogP contribution < -0.4 is 10.5 Å². The van der Waals surface area contributed by atoms with Gasteiger partial charge < -0.3 is 5.73 Å². The van der Waals surface area contributed by atoms with Crippen LogP contribution in [-0.2, 0) is 10.0 Å². The Balaban J connectivity index is 2.17. The molecule has 3 N–H and O–H groups in total. The third-order valence-corrected chi connectivity index (χ3v) is 4.56. The molecule has 5 nitrogen and oxygen atoms in total. The normalized spacial score (nSPS) is 15.6. The predicted octanol–water partition coefficient (Wildman–Crippen LogP) is 0.799. The maximum absolute atomic E-state index is 11.7. The van der Waals surface area contributed by atoms with Crippen LogP contribution in [0.4, 0.5) is 5.69 Å². The summed E-state index contributed by atoms with van der Waals surface area (Å²) in [7, 11) is -3.50. The van der Waals surface area contributed by atoms with E-state index in [-0.39, 0.29) is 5.56 Å². The van der Waals surface area contributed by atoms with E-state index in [1.165, 1.54) is 6.07 Å². The maximum atomic E-state index is 11.7. The van der Waals surface area contributed by atoms with Crippen molar-refractivity contribution < 1.29 is 13.2 Å². The molecule has 6 heteroatoms. The molecule has 92 valence electrons. The van der Waals surface area contributed by atoms with Gasteiger partial charge in [0.15, 0.2) is 0 Å². The Bertz CT molecular complexity index is 562. The van der Waals surface area contributed by atoms with Crippen molar-refractivity contribution in [1.82, 2.24) is 4.72 Å². The van der Waals surface area contributed by atoms with Gasteiger partial charge in [-0.15, -0.1) is 0 Å². The summed E-state index contributed by atoms with van der Waals surface area (Å²) < 4.78 is 25.2.